The Bertz CT molecular complexity index is 528. The van der Waals surface area contributed by atoms with E-state index in [1.54, 1.807) is 0 Å². The van der Waals surface area contributed by atoms with E-state index in [9.17, 15) is 9.59 Å². The van der Waals surface area contributed by atoms with Gasteiger partial charge in [-0.3, -0.25) is 9.59 Å². The molecule has 0 aliphatic rings. The first-order valence-electron chi connectivity index (χ1n) is 9.58. The van der Waals surface area contributed by atoms with Crippen molar-refractivity contribution in [3.05, 3.63) is 17.8 Å². The van der Waals surface area contributed by atoms with Gasteiger partial charge in [0.2, 0.25) is 11.8 Å². The highest BCUT2D eigenvalue weighted by Crippen LogP contribution is 2.18. The van der Waals surface area contributed by atoms with E-state index in [0.29, 0.717) is 25.5 Å². The SMILES string of the molecule is CCCC[C@@H](CC)C(=O)N(CCC)Cc1nc(C(=O)NCCC)co1. The number of rotatable bonds is 12. The molecule has 1 aromatic rings. The molecule has 1 heterocycles. The summed E-state index contributed by atoms with van der Waals surface area (Å²) in [4.78, 5) is 30.8. The maximum Gasteiger partial charge on any atom is 0.273 e. The summed E-state index contributed by atoms with van der Waals surface area (Å²) in [6.07, 6.45) is 7.02. The third-order valence-corrected chi connectivity index (χ3v) is 4.20. The van der Waals surface area contributed by atoms with E-state index in [1.807, 2.05) is 18.7 Å². The summed E-state index contributed by atoms with van der Waals surface area (Å²) in [5.41, 5.74) is 0.269. The van der Waals surface area contributed by atoms with Crippen LogP contribution in [-0.2, 0) is 11.3 Å². The normalized spacial score (nSPS) is 12.0. The average Bonchev–Trinajstić information content (AvgIpc) is 3.08. The Labute approximate surface area is 151 Å². The molecule has 0 aliphatic heterocycles. The molecule has 6 heteroatoms. The second kappa shape index (κ2) is 11.7. The zero-order valence-corrected chi connectivity index (χ0v) is 16.1. The summed E-state index contributed by atoms with van der Waals surface area (Å²) in [5, 5.41) is 2.77. The standard InChI is InChI=1S/C19H33N3O3/c1-5-9-10-15(8-4)19(24)22(12-7-3)13-17-21-16(14-25-17)18(23)20-11-6-2/h14-15H,5-13H2,1-4H3,(H,20,23)/t15-/m1/s1. The zero-order chi connectivity index (χ0) is 18.7. The highest BCUT2D eigenvalue weighted by atomic mass is 16.3. The Morgan fingerprint density at radius 2 is 1.96 bits per heavy atom. The molecule has 2 amide bonds. The average molecular weight is 351 g/mol. The van der Waals surface area contributed by atoms with E-state index in [2.05, 4.69) is 24.1 Å². The fourth-order valence-corrected chi connectivity index (χ4v) is 2.73. The number of aromatic nitrogens is 1. The van der Waals surface area contributed by atoms with Gasteiger partial charge in [0.05, 0.1) is 6.54 Å². The summed E-state index contributed by atoms with van der Waals surface area (Å²) >= 11 is 0. The van der Waals surface area contributed by atoms with Crippen LogP contribution < -0.4 is 5.32 Å². The second-order valence-electron chi connectivity index (χ2n) is 6.39. The fraction of sp³-hybridized carbons (Fsp3) is 0.737. The van der Waals surface area contributed by atoms with E-state index in [1.165, 1.54) is 6.26 Å². The Kier molecular flexibility index (Phi) is 9.88. The van der Waals surface area contributed by atoms with Gasteiger partial charge in [-0.1, -0.05) is 40.5 Å². The first kappa shape index (κ1) is 21.2. The van der Waals surface area contributed by atoms with Crippen LogP contribution in [0.4, 0.5) is 0 Å². The summed E-state index contributed by atoms with van der Waals surface area (Å²) in [6.45, 7) is 9.83. The minimum absolute atomic E-state index is 0.0498. The Balaban J connectivity index is 2.75. The molecular formula is C19H33N3O3. The van der Waals surface area contributed by atoms with Crippen LogP contribution in [0.5, 0.6) is 0 Å². The highest BCUT2D eigenvalue weighted by Gasteiger charge is 2.24. The number of carbonyl (C=O) groups excluding carboxylic acids is 2. The Morgan fingerprint density at radius 1 is 1.20 bits per heavy atom. The van der Waals surface area contributed by atoms with E-state index >= 15 is 0 Å². The van der Waals surface area contributed by atoms with Crippen LogP contribution in [0.15, 0.2) is 10.7 Å². The Hall–Kier alpha value is -1.85. The highest BCUT2D eigenvalue weighted by molar-refractivity contribution is 5.91. The minimum Gasteiger partial charge on any atom is -0.446 e. The predicted octanol–water partition coefficient (Wildman–Crippen LogP) is 3.77. The van der Waals surface area contributed by atoms with Gasteiger partial charge in [-0.25, -0.2) is 4.98 Å². The topological polar surface area (TPSA) is 75.4 Å². The van der Waals surface area contributed by atoms with E-state index in [-0.39, 0.29) is 23.4 Å². The number of hydrogen-bond donors (Lipinski definition) is 1. The lowest BCUT2D eigenvalue weighted by Crippen LogP contribution is -2.36. The van der Waals surface area contributed by atoms with E-state index < -0.39 is 0 Å². The van der Waals surface area contributed by atoms with Gasteiger partial charge in [-0.05, 0) is 25.7 Å². The van der Waals surface area contributed by atoms with Gasteiger partial charge in [0.25, 0.3) is 5.91 Å². The molecule has 1 aromatic heterocycles. The molecule has 1 atom stereocenters. The number of oxazole rings is 1. The quantitative estimate of drug-likeness (QED) is 0.622. The molecule has 0 saturated carbocycles. The van der Waals surface area contributed by atoms with Gasteiger partial charge in [-0.2, -0.15) is 0 Å². The molecule has 0 aliphatic carbocycles. The number of unbranched alkanes of at least 4 members (excludes halogenated alkanes) is 1. The summed E-state index contributed by atoms with van der Waals surface area (Å²) < 4.78 is 5.42. The number of nitrogens with zero attached hydrogens (tertiary/aromatic N) is 2. The molecule has 0 spiro atoms. The largest absolute Gasteiger partial charge is 0.446 e. The van der Waals surface area contributed by atoms with Crippen molar-refractivity contribution in [3.8, 4) is 0 Å². The zero-order valence-electron chi connectivity index (χ0n) is 16.1. The number of carbonyl (C=O) groups is 2. The summed E-state index contributed by atoms with van der Waals surface area (Å²) in [5.74, 6) is 0.384. The van der Waals surface area contributed by atoms with Crippen molar-refractivity contribution >= 4 is 11.8 Å². The fourth-order valence-electron chi connectivity index (χ4n) is 2.73. The van der Waals surface area contributed by atoms with Gasteiger partial charge in [-0.15, -0.1) is 0 Å². The maximum absolute atomic E-state index is 12.8. The van der Waals surface area contributed by atoms with Crippen molar-refractivity contribution in [1.29, 1.82) is 0 Å². The van der Waals surface area contributed by atoms with Crippen LogP contribution in [-0.4, -0.2) is 34.8 Å². The van der Waals surface area contributed by atoms with Crippen LogP contribution in [0.2, 0.25) is 0 Å². The van der Waals surface area contributed by atoms with Crippen molar-refractivity contribution in [2.75, 3.05) is 13.1 Å². The van der Waals surface area contributed by atoms with Crippen LogP contribution in [0.3, 0.4) is 0 Å². The lowest BCUT2D eigenvalue weighted by Gasteiger charge is -2.25. The van der Waals surface area contributed by atoms with Crippen molar-refractivity contribution in [3.63, 3.8) is 0 Å². The molecule has 0 aromatic carbocycles. The monoisotopic (exact) mass is 351 g/mol. The van der Waals surface area contributed by atoms with Gasteiger partial charge in [0.15, 0.2) is 5.69 Å². The van der Waals surface area contributed by atoms with E-state index in [4.69, 9.17) is 4.42 Å². The Morgan fingerprint density at radius 3 is 2.56 bits per heavy atom. The van der Waals surface area contributed by atoms with Crippen molar-refractivity contribution in [2.45, 2.75) is 72.8 Å². The van der Waals surface area contributed by atoms with Crippen molar-refractivity contribution < 1.29 is 14.0 Å². The van der Waals surface area contributed by atoms with E-state index in [0.717, 1.165) is 38.5 Å². The third kappa shape index (κ3) is 6.88. The molecular weight excluding hydrogens is 318 g/mol. The molecule has 1 N–H and O–H groups in total. The third-order valence-electron chi connectivity index (χ3n) is 4.20. The molecule has 0 saturated heterocycles. The molecule has 142 valence electrons. The predicted molar refractivity (Wildman–Crippen MR) is 98.1 cm³/mol. The molecule has 0 unspecified atom stereocenters. The molecule has 6 nitrogen and oxygen atoms in total. The molecule has 0 bridgehead atoms. The number of nitrogens with one attached hydrogen (secondary N) is 1. The van der Waals surface area contributed by atoms with Crippen molar-refractivity contribution in [1.82, 2.24) is 15.2 Å². The van der Waals surface area contributed by atoms with Crippen molar-refractivity contribution in [2.24, 2.45) is 5.92 Å². The van der Waals surface area contributed by atoms with Crippen LogP contribution in [0.1, 0.15) is 82.6 Å². The molecule has 1 rings (SSSR count). The minimum atomic E-state index is -0.236. The summed E-state index contributed by atoms with van der Waals surface area (Å²) in [7, 11) is 0. The molecule has 0 radical (unpaired) electrons. The van der Waals surface area contributed by atoms with Gasteiger partial charge >= 0.3 is 0 Å². The maximum atomic E-state index is 12.8. The number of hydrogen-bond acceptors (Lipinski definition) is 4. The summed E-state index contributed by atoms with van der Waals surface area (Å²) in [6, 6.07) is 0. The molecule has 0 fully saturated rings. The first-order chi connectivity index (χ1) is 12.1. The second-order valence-corrected chi connectivity index (χ2v) is 6.39. The lowest BCUT2D eigenvalue weighted by atomic mass is 9.97. The lowest BCUT2D eigenvalue weighted by molar-refractivity contribution is -0.137. The number of amides is 2. The van der Waals surface area contributed by atoms with Crippen LogP contribution in [0.25, 0.3) is 0 Å². The van der Waals surface area contributed by atoms with Crippen LogP contribution >= 0.6 is 0 Å². The van der Waals surface area contributed by atoms with Gasteiger partial charge < -0.3 is 14.6 Å². The van der Waals surface area contributed by atoms with Gasteiger partial charge in [0.1, 0.15) is 6.26 Å². The first-order valence-corrected chi connectivity index (χ1v) is 9.58. The van der Waals surface area contributed by atoms with Crippen LogP contribution in [0, 0.1) is 5.92 Å². The molecule has 25 heavy (non-hydrogen) atoms. The smallest absolute Gasteiger partial charge is 0.273 e. The van der Waals surface area contributed by atoms with Gasteiger partial charge in [0, 0.05) is 19.0 Å².